The smallest absolute Gasteiger partial charge is 0.339 e. The van der Waals surface area contributed by atoms with Gasteiger partial charge in [0.05, 0.1) is 28.8 Å². The monoisotopic (exact) mass is 412 g/mol. The highest BCUT2D eigenvalue weighted by Gasteiger charge is 2.12. The zero-order chi connectivity index (χ0) is 18.9. The molecule has 0 aliphatic heterocycles. The van der Waals surface area contributed by atoms with Gasteiger partial charge in [-0.15, -0.1) is 0 Å². The van der Waals surface area contributed by atoms with Crippen LogP contribution in [0.25, 0.3) is 0 Å². The molecule has 138 valence electrons. The summed E-state index contributed by atoms with van der Waals surface area (Å²) in [6.45, 7) is 2.92. The SMILES string of the molecule is CCOC(=O)c1ccc(NC(=S)NCCOc2ccccc2Cl)cc1Cl. The van der Waals surface area contributed by atoms with E-state index in [2.05, 4.69) is 10.6 Å². The Kier molecular flexibility index (Phi) is 7.97. The normalized spacial score (nSPS) is 10.1. The third-order valence-corrected chi connectivity index (χ3v) is 4.08. The number of anilines is 1. The lowest BCUT2D eigenvalue weighted by molar-refractivity contribution is 0.0526. The van der Waals surface area contributed by atoms with E-state index in [4.69, 9.17) is 44.9 Å². The molecule has 0 aliphatic rings. The largest absolute Gasteiger partial charge is 0.490 e. The second kappa shape index (κ2) is 10.2. The molecule has 0 saturated heterocycles. The van der Waals surface area contributed by atoms with Crippen LogP contribution in [-0.4, -0.2) is 30.8 Å². The molecule has 5 nitrogen and oxygen atoms in total. The summed E-state index contributed by atoms with van der Waals surface area (Å²) in [6.07, 6.45) is 0. The molecule has 0 saturated carbocycles. The van der Waals surface area contributed by atoms with E-state index in [9.17, 15) is 4.79 Å². The number of nitrogens with one attached hydrogen (secondary N) is 2. The van der Waals surface area contributed by atoms with Crippen molar-refractivity contribution in [3.05, 3.63) is 58.1 Å². The van der Waals surface area contributed by atoms with Gasteiger partial charge in [0, 0.05) is 5.69 Å². The number of carbonyl (C=O) groups is 1. The van der Waals surface area contributed by atoms with Crippen molar-refractivity contribution >= 4 is 52.2 Å². The predicted molar refractivity (Wildman–Crippen MR) is 109 cm³/mol. The van der Waals surface area contributed by atoms with Crippen LogP contribution in [0.1, 0.15) is 17.3 Å². The van der Waals surface area contributed by atoms with E-state index in [1.165, 1.54) is 0 Å². The first-order chi connectivity index (χ1) is 12.5. The molecule has 0 spiro atoms. The number of carbonyl (C=O) groups excluding carboxylic acids is 1. The Balaban J connectivity index is 1.79. The maximum absolute atomic E-state index is 11.7. The summed E-state index contributed by atoms with van der Waals surface area (Å²) in [5.41, 5.74) is 0.971. The summed E-state index contributed by atoms with van der Waals surface area (Å²) >= 11 is 17.4. The van der Waals surface area contributed by atoms with Gasteiger partial charge in [-0.25, -0.2) is 4.79 Å². The van der Waals surface area contributed by atoms with E-state index >= 15 is 0 Å². The first-order valence-electron chi connectivity index (χ1n) is 7.90. The summed E-state index contributed by atoms with van der Waals surface area (Å²) in [5, 5.41) is 7.27. The van der Waals surface area contributed by atoms with E-state index in [-0.39, 0.29) is 0 Å². The molecular weight excluding hydrogens is 395 g/mol. The van der Waals surface area contributed by atoms with E-state index in [0.29, 0.717) is 51.9 Å². The Hall–Kier alpha value is -2.02. The number of rotatable bonds is 7. The second-order valence-electron chi connectivity index (χ2n) is 5.07. The Bertz CT molecular complexity index is 787. The fraction of sp³-hybridized carbons (Fsp3) is 0.222. The van der Waals surface area contributed by atoms with E-state index in [1.807, 2.05) is 12.1 Å². The lowest BCUT2D eigenvalue weighted by Crippen LogP contribution is -2.32. The number of hydrogen-bond acceptors (Lipinski definition) is 4. The van der Waals surface area contributed by atoms with Crippen molar-refractivity contribution in [3.8, 4) is 5.75 Å². The van der Waals surface area contributed by atoms with Gasteiger partial charge in [0.2, 0.25) is 0 Å². The minimum Gasteiger partial charge on any atom is -0.490 e. The highest BCUT2D eigenvalue weighted by atomic mass is 35.5. The molecule has 2 N–H and O–H groups in total. The highest BCUT2D eigenvalue weighted by molar-refractivity contribution is 7.80. The number of esters is 1. The molecular formula is C18H18Cl2N2O3S. The van der Waals surface area contributed by atoms with Crippen molar-refractivity contribution in [2.24, 2.45) is 0 Å². The van der Waals surface area contributed by atoms with Gasteiger partial charge in [-0.05, 0) is 49.5 Å². The van der Waals surface area contributed by atoms with Crippen LogP contribution in [-0.2, 0) is 4.74 Å². The zero-order valence-electron chi connectivity index (χ0n) is 14.1. The molecule has 2 aromatic carbocycles. The third-order valence-electron chi connectivity index (χ3n) is 3.20. The van der Waals surface area contributed by atoms with Crippen molar-refractivity contribution in [1.29, 1.82) is 0 Å². The van der Waals surface area contributed by atoms with Crippen LogP contribution in [0.2, 0.25) is 10.0 Å². The number of para-hydroxylation sites is 1. The summed E-state index contributed by atoms with van der Waals surface area (Å²) < 4.78 is 10.5. The minimum absolute atomic E-state index is 0.290. The Morgan fingerprint density at radius 2 is 1.92 bits per heavy atom. The molecule has 0 bridgehead atoms. The molecule has 0 fully saturated rings. The van der Waals surface area contributed by atoms with Crippen molar-refractivity contribution in [2.75, 3.05) is 25.1 Å². The van der Waals surface area contributed by atoms with Crippen molar-refractivity contribution in [2.45, 2.75) is 6.92 Å². The first-order valence-corrected chi connectivity index (χ1v) is 9.06. The number of halogens is 2. The molecule has 0 aromatic heterocycles. The average molecular weight is 413 g/mol. The van der Waals surface area contributed by atoms with Crippen LogP contribution in [0.15, 0.2) is 42.5 Å². The first kappa shape index (κ1) is 20.3. The summed E-state index contributed by atoms with van der Waals surface area (Å²) in [4.78, 5) is 11.7. The van der Waals surface area contributed by atoms with Crippen LogP contribution in [0, 0.1) is 0 Å². The fourth-order valence-electron chi connectivity index (χ4n) is 2.03. The van der Waals surface area contributed by atoms with Gasteiger partial charge in [0.25, 0.3) is 0 Å². The maximum Gasteiger partial charge on any atom is 0.339 e. The molecule has 8 heteroatoms. The van der Waals surface area contributed by atoms with Crippen LogP contribution in [0.4, 0.5) is 5.69 Å². The molecule has 0 amide bonds. The molecule has 0 radical (unpaired) electrons. The van der Waals surface area contributed by atoms with E-state index in [1.54, 1.807) is 37.3 Å². The summed E-state index contributed by atoms with van der Waals surface area (Å²) in [5.74, 6) is 0.164. The molecule has 0 unspecified atom stereocenters. The second-order valence-corrected chi connectivity index (χ2v) is 6.30. The van der Waals surface area contributed by atoms with Crippen LogP contribution in [0.5, 0.6) is 5.75 Å². The highest BCUT2D eigenvalue weighted by Crippen LogP contribution is 2.23. The molecule has 2 rings (SSSR count). The molecule has 26 heavy (non-hydrogen) atoms. The van der Waals surface area contributed by atoms with E-state index in [0.717, 1.165) is 0 Å². The predicted octanol–water partition coefficient (Wildman–Crippen LogP) is 4.54. The van der Waals surface area contributed by atoms with Crippen molar-refractivity contribution in [3.63, 3.8) is 0 Å². The summed E-state index contributed by atoms with van der Waals surface area (Å²) in [7, 11) is 0. The van der Waals surface area contributed by atoms with Gasteiger partial charge >= 0.3 is 5.97 Å². The Morgan fingerprint density at radius 1 is 1.15 bits per heavy atom. The van der Waals surface area contributed by atoms with Crippen molar-refractivity contribution < 1.29 is 14.3 Å². The van der Waals surface area contributed by atoms with Gasteiger partial charge in [-0.2, -0.15) is 0 Å². The fourth-order valence-corrected chi connectivity index (χ4v) is 2.70. The Labute approximate surface area is 167 Å². The molecule has 0 heterocycles. The Morgan fingerprint density at radius 3 is 2.62 bits per heavy atom. The number of hydrogen-bond donors (Lipinski definition) is 2. The quantitative estimate of drug-likeness (QED) is 0.395. The average Bonchev–Trinajstić information content (AvgIpc) is 2.60. The van der Waals surface area contributed by atoms with Crippen LogP contribution in [0.3, 0.4) is 0 Å². The minimum atomic E-state index is -0.457. The topological polar surface area (TPSA) is 59.6 Å². The van der Waals surface area contributed by atoms with Gasteiger partial charge in [-0.3, -0.25) is 0 Å². The van der Waals surface area contributed by atoms with Gasteiger partial charge in [0.15, 0.2) is 5.11 Å². The number of thiocarbonyl (C=S) groups is 1. The standard InChI is InChI=1S/C18H18Cl2N2O3S/c1-2-24-17(23)13-8-7-12(11-15(13)20)22-18(26)21-9-10-25-16-6-4-3-5-14(16)19/h3-8,11H,2,9-10H2,1H3,(H2,21,22,26). The van der Waals surface area contributed by atoms with Gasteiger partial charge < -0.3 is 20.1 Å². The zero-order valence-corrected chi connectivity index (χ0v) is 16.4. The third kappa shape index (κ3) is 6.05. The molecule has 2 aromatic rings. The molecule has 0 atom stereocenters. The van der Waals surface area contributed by atoms with Crippen LogP contribution < -0.4 is 15.4 Å². The van der Waals surface area contributed by atoms with Crippen LogP contribution >= 0.6 is 35.4 Å². The number of benzene rings is 2. The van der Waals surface area contributed by atoms with Gasteiger partial charge in [0.1, 0.15) is 12.4 Å². The lowest BCUT2D eigenvalue weighted by Gasteiger charge is -2.13. The molecule has 0 aliphatic carbocycles. The number of ether oxygens (including phenoxy) is 2. The van der Waals surface area contributed by atoms with Crippen molar-refractivity contribution in [1.82, 2.24) is 5.32 Å². The maximum atomic E-state index is 11.7. The summed E-state index contributed by atoms with van der Waals surface area (Å²) in [6, 6.07) is 12.2. The van der Waals surface area contributed by atoms with Gasteiger partial charge in [-0.1, -0.05) is 35.3 Å². The van der Waals surface area contributed by atoms with E-state index < -0.39 is 5.97 Å². The lowest BCUT2D eigenvalue weighted by atomic mass is 10.2.